The fraction of sp³-hybridized carbons (Fsp3) is 0.385. The Balaban J connectivity index is 1.82. The second kappa shape index (κ2) is 6.73. The number of halogens is 1. The number of ether oxygens (including phenoxy) is 1. The minimum atomic E-state index is -0.434. The van der Waals surface area contributed by atoms with Crippen LogP contribution in [0.5, 0.6) is 5.75 Å². The van der Waals surface area contributed by atoms with Gasteiger partial charge < -0.3 is 10.1 Å². The highest BCUT2D eigenvalue weighted by Gasteiger charge is 2.19. The molecular formula is C13H14IN3O2. The first kappa shape index (κ1) is 14.1. The van der Waals surface area contributed by atoms with E-state index in [2.05, 4.69) is 31.3 Å². The number of hydrogen-bond donors (Lipinski definition) is 1. The third-order valence-electron chi connectivity index (χ3n) is 2.96. The van der Waals surface area contributed by atoms with Crippen LogP contribution in [0.25, 0.3) is 0 Å². The van der Waals surface area contributed by atoms with E-state index in [9.17, 15) is 4.79 Å². The predicted molar refractivity (Wildman–Crippen MR) is 78.9 cm³/mol. The molecule has 1 aliphatic heterocycles. The molecule has 0 aromatic heterocycles. The molecule has 1 aromatic carbocycles. The number of piperidine rings is 1. The molecule has 1 aromatic rings. The van der Waals surface area contributed by atoms with Crippen molar-refractivity contribution >= 4 is 29.0 Å². The molecule has 1 amide bonds. The van der Waals surface area contributed by atoms with Crippen LogP contribution in [0.3, 0.4) is 0 Å². The summed E-state index contributed by atoms with van der Waals surface area (Å²) in [4.78, 5) is 11.7. The molecule has 0 saturated carbocycles. The summed E-state index contributed by atoms with van der Waals surface area (Å²) in [5, 5.41) is 11.5. The molecule has 2 rings (SSSR count). The monoisotopic (exact) mass is 371 g/mol. The number of amides is 1. The van der Waals surface area contributed by atoms with Gasteiger partial charge in [0.1, 0.15) is 5.75 Å². The first-order chi connectivity index (χ1) is 9.17. The molecule has 19 heavy (non-hydrogen) atoms. The second-order valence-corrected chi connectivity index (χ2v) is 5.72. The number of nitrogens with one attached hydrogen (secondary N) is 1. The van der Waals surface area contributed by atoms with Gasteiger partial charge in [-0.25, -0.2) is 7.91 Å². The molecule has 0 aliphatic carbocycles. The van der Waals surface area contributed by atoms with Crippen molar-refractivity contribution in [2.24, 2.45) is 0 Å². The summed E-state index contributed by atoms with van der Waals surface area (Å²) in [6, 6.07) is 8.67. The molecule has 1 N–H and O–H groups in total. The average Bonchev–Trinajstić information content (AvgIpc) is 2.42. The van der Waals surface area contributed by atoms with E-state index in [4.69, 9.17) is 10.00 Å². The molecule has 0 radical (unpaired) electrons. The van der Waals surface area contributed by atoms with Gasteiger partial charge >= 0.3 is 6.09 Å². The highest BCUT2D eigenvalue weighted by Crippen LogP contribution is 2.15. The SMILES string of the molecule is N#Cc1ccc(OC(=O)NC2CCN(I)CC2)cc1. The van der Waals surface area contributed by atoms with Crippen LogP contribution in [-0.4, -0.2) is 28.3 Å². The van der Waals surface area contributed by atoms with Crippen molar-refractivity contribution in [3.8, 4) is 11.8 Å². The number of nitriles is 1. The van der Waals surface area contributed by atoms with E-state index < -0.39 is 6.09 Å². The Labute approximate surface area is 126 Å². The molecule has 0 spiro atoms. The van der Waals surface area contributed by atoms with Crippen LogP contribution >= 0.6 is 22.9 Å². The largest absolute Gasteiger partial charge is 0.412 e. The zero-order valence-electron chi connectivity index (χ0n) is 10.3. The fourth-order valence-corrected chi connectivity index (χ4v) is 2.45. The first-order valence-electron chi connectivity index (χ1n) is 6.06. The lowest BCUT2D eigenvalue weighted by molar-refractivity contribution is 0.190. The molecule has 1 aliphatic rings. The summed E-state index contributed by atoms with van der Waals surface area (Å²) in [6.07, 6.45) is 1.44. The molecule has 0 atom stereocenters. The van der Waals surface area contributed by atoms with Crippen molar-refractivity contribution < 1.29 is 9.53 Å². The lowest BCUT2D eigenvalue weighted by atomic mass is 10.1. The van der Waals surface area contributed by atoms with Crippen molar-refractivity contribution in [3.63, 3.8) is 0 Å². The Hall–Kier alpha value is -1.33. The van der Waals surface area contributed by atoms with E-state index in [1.807, 2.05) is 6.07 Å². The quantitative estimate of drug-likeness (QED) is 0.641. The Morgan fingerprint density at radius 3 is 2.58 bits per heavy atom. The average molecular weight is 371 g/mol. The summed E-state index contributed by atoms with van der Waals surface area (Å²) in [5.74, 6) is 0.447. The lowest BCUT2D eigenvalue weighted by Crippen LogP contribution is -2.43. The number of hydrogen-bond acceptors (Lipinski definition) is 4. The number of benzene rings is 1. The summed E-state index contributed by atoms with van der Waals surface area (Å²) in [5.41, 5.74) is 0.544. The Morgan fingerprint density at radius 2 is 2.00 bits per heavy atom. The lowest BCUT2D eigenvalue weighted by Gasteiger charge is -2.27. The topological polar surface area (TPSA) is 65.4 Å². The molecule has 1 heterocycles. The Kier molecular flexibility index (Phi) is 4.99. The van der Waals surface area contributed by atoms with Gasteiger partial charge in [-0.2, -0.15) is 5.26 Å². The Morgan fingerprint density at radius 1 is 1.37 bits per heavy atom. The van der Waals surface area contributed by atoms with Crippen LogP contribution < -0.4 is 10.1 Å². The summed E-state index contributed by atoms with van der Waals surface area (Å²) in [7, 11) is 0. The maximum absolute atomic E-state index is 11.7. The van der Waals surface area contributed by atoms with Gasteiger partial charge in [0.15, 0.2) is 0 Å². The van der Waals surface area contributed by atoms with Gasteiger partial charge in [0.2, 0.25) is 0 Å². The summed E-state index contributed by atoms with van der Waals surface area (Å²) >= 11 is 2.29. The smallest absolute Gasteiger partial charge is 0.410 e. The number of carbonyl (C=O) groups excluding carboxylic acids is 1. The van der Waals surface area contributed by atoms with Crippen molar-refractivity contribution in [1.29, 1.82) is 5.26 Å². The second-order valence-electron chi connectivity index (χ2n) is 4.35. The van der Waals surface area contributed by atoms with Crippen LogP contribution in [0.1, 0.15) is 18.4 Å². The van der Waals surface area contributed by atoms with Gasteiger partial charge in [-0.1, -0.05) is 0 Å². The Bertz CT molecular complexity index is 476. The molecule has 6 heteroatoms. The minimum Gasteiger partial charge on any atom is -0.410 e. The number of carbonyl (C=O) groups is 1. The number of nitrogens with zero attached hydrogens (tertiary/aromatic N) is 2. The molecule has 0 bridgehead atoms. The third-order valence-corrected chi connectivity index (χ3v) is 3.92. The van der Waals surface area contributed by atoms with Crippen LogP contribution in [0.2, 0.25) is 0 Å². The molecular weight excluding hydrogens is 357 g/mol. The van der Waals surface area contributed by atoms with Crippen molar-refractivity contribution in [3.05, 3.63) is 29.8 Å². The van der Waals surface area contributed by atoms with Crippen LogP contribution in [0, 0.1) is 11.3 Å². The first-order valence-corrected chi connectivity index (χ1v) is 7.03. The van der Waals surface area contributed by atoms with Crippen LogP contribution in [0.15, 0.2) is 24.3 Å². The predicted octanol–water partition coefficient (Wildman–Crippen LogP) is 2.46. The maximum atomic E-state index is 11.7. The van der Waals surface area contributed by atoms with E-state index in [1.165, 1.54) is 0 Å². The minimum absolute atomic E-state index is 0.178. The summed E-state index contributed by atoms with van der Waals surface area (Å²) in [6.45, 7) is 1.95. The normalized spacial score (nSPS) is 16.6. The van der Waals surface area contributed by atoms with E-state index in [-0.39, 0.29) is 6.04 Å². The molecule has 100 valence electrons. The van der Waals surface area contributed by atoms with E-state index in [0.29, 0.717) is 11.3 Å². The molecule has 1 fully saturated rings. The van der Waals surface area contributed by atoms with Gasteiger partial charge in [0.25, 0.3) is 0 Å². The van der Waals surface area contributed by atoms with Gasteiger partial charge in [0.05, 0.1) is 11.6 Å². The standard InChI is InChI=1S/C13H14IN3O2/c14-17-7-5-11(6-8-17)16-13(18)19-12-3-1-10(9-15)2-4-12/h1-4,11H,5-8H2,(H,16,18). The zero-order valence-corrected chi connectivity index (χ0v) is 12.5. The van der Waals surface area contributed by atoms with Crippen molar-refractivity contribution in [2.45, 2.75) is 18.9 Å². The van der Waals surface area contributed by atoms with Crippen molar-refractivity contribution in [2.75, 3.05) is 13.1 Å². The molecule has 0 unspecified atom stereocenters. The van der Waals surface area contributed by atoms with E-state index in [1.54, 1.807) is 24.3 Å². The van der Waals surface area contributed by atoms with Gasteiger partial charge in [-0.05, 0) is 37.1 Å². The zero-order chi connectivity index (χ0) is 13.7. The number of rotatable bonds is 2. The van der Waals surface area contributed by atoms with E-state index in [0.717, 1.165) is 25.9 Å². The van der Waals surface area contributed by atoms with Crippen LogP contribution in [-0.2, 0) is 0 Å². The third kappa shape index (κ3) is 4.36. The van der Waals surface area contributed by atoms with Gasteiger partial charge in [0, 0.05) is 42.0 Å². The molecule has 5 nitrogen and oxygen atoms in total. The van der Waals surface area contributed by atoms with Crippen LogP contribution in [0.4, 0.5) is 4.79 Å². The summed E-state index contributed by atoms with van der Waals surface area (Å²) < 4.78 is 7.38. The molecule has 1 saturated heterocycles. The van der Waals surface area contributed by atoms with Gasteiger partial charge in [-0.3, -0.25) is 0 Å². The maximum Gasteiger partial charge on any atom is 0.412 e. The van der Waals surface area contributed by atoms with Crippen molar-refractivity contribution in [1.82, 2.24) is 8.43 Å². The highest BCUT2D eigenvalue weighted by molar-refractivity contribution is 14.1. The van der Waals surface area contributed by atoms with Gasteiger partial charge in [-0.15, -0.1) is 0 Å². The fourth-order valence-electron chi connectivity index (χ4n) is 1.89. The van der Waals surface area contributed by atoms with E-state index >= 15 is 0 Å². The highest BCUT2D eigenvalue weighted by atomic mass is 127.